The highest BCUT2D eigenvalue weighted by atomic mass is 32.2. The second kappa shape index (κ2) is 5.43. The summed E-state index contributed by atoms with van der Waals surface area (Å²) < 4.78 is 30.2. The minimum absolute atomic E-state index is 0.284. The Hall–Kier alpha value is -2.19. The van der Waals surface area contributed by atoms with Gasteiger partial charge in [-0.3, -0.25) is 14.1 Å². The van der Waals surface area contributed by atoms with Gasteiger partial charge in [0.25, 0.3) is 10.1 Å². The number of carbonyl (C=O) groups excluding carboxylic acids is 2. The summed E-state index contributed by atoms with van der Waals surface area (Å²) in [6.45, 7) is 0. The van der Waals surface area contributed by atoms with Crippen molar-refractivity contribution in [2.75, 3.05) is 5.32 Å². The van der Waals surface area contributed by atoms with Crippen molar-refractivity contribution < 1.29 is 22.6 Å². The van der Waals surface area contributed by atoms with Gasteiger partial charge in [0.2, 0.25) is 11.8 Å². The van der Waals surface area contributed by atoms with Gasteiger partial charge in [-0.25, -0.2) is 0 Å². The smallest absolute Gasteiger partial charge is 0.294 e. The molecule has 0 heterocycles. The lowest BCUT2D eigenvalue weighted by atomic mass is 10.3. The Morgan fingerprint density at radius 1 is 1.17 bits per heavy atom. The quantitative estimate of drug-likeness (QED) is 0.520. The molecule has 4 N–H and O–H groups in total. The summed E-state index contributed by atoms with van der Waals surface area (Å²) >= 11 is 0. The molecule has 0 saturated carbocycles. The molecule has 1 rings (SSSR count). The van der Waals surface area contributed by atoms with E-state index in [-0.39, 0.29) is 4.90 Å². The normalized spacial score (nSPS) is 11.4. The number of amides is 2. The third-order valence-electron chi connectivity index (χ3n) is 1.82. The first-order chi connectivity index (χ1) is 8.29. The lowest BCUT2D eigenvalue weighted by Crippen LogP contribution is -2.11. The molecular weight excluding hydrogens is 260 g/mol. The number of hydrogen-bond acceptors (Lipinski definition) is 4. The van der Waals surface area contributed by atoms with Crippen molar-refractivity contribution in [1.82, 2.24) is 0 Å². The number of anilines is 1. The molecule has 0 spiro atoms. The van der Waals surface area contributed by atoms with Crippen LogP contribution in [0.3, 0.4) is 0 Å². The Labute approximate surface area is 103 Å². The molecule has 0 aliphatic rings. The fourth-order valence-electron chi connectivity index (χ4n) is 1.05. The highest BCUT2D eigenvalue weighted by Crippen LogP contribution is 2.13. The maximum absolute atomic E-state index is 11.2. The molecule has 0 fully saturated rings. The summed E-state index contributed by atoms with van der Waals surface area (Å²) in [5.74, 6) is -1.35. The zero-order valence-corrected chi connectivity index (χ0v) is 9.85. The van der Waals surface area contributed by atoms with Gasteiger partial charge in [-0.2, -0.15) is 8.42 Å². The first kappa shape index (κ1) is 13.9. The minimum atomic E-state index is -4.26. The molecular formula is C10H10N2O5S. The van der Waals surface area contributed by atoms with E-state index < -0.39 is 21.9 Å². The molecule has 1 aromatic rings. The van der Waals surface area contributed by atoms with Gasteiger partial charge in [0.1, 0.15) is 0 Å². The predicted molar refractivity (Wildman–Crippen MR) is 63.2 cm³/mol. The van der Waals surface area contributed by atoms with Crippen molar-refractivity contribution in [2.45, 2.75) is 4.90 Å². The Morgan fingerprint density at radius 2 is 1.72 bits per heavy atom. The van der Waals surface area contributed by atoms with Crippen LogP contribution in [0.1, 0.15) is 0 Å². The maximum Gasteiger partial charge on any atom is 0.294 e. The van der Waals surface area contributed by atoms with Crippen LogP contribution in [-0.4, -0.2) is 24.8 Å². The SMILES string of the molecule is NC(=O)/C=C\C(=O)Nc1ccc(S(=O)(=O)O)cc1. The summed E-state index contributed by atoms with van der Waals surface area (Å²) in [5.41, 5.74) is 5.11. The van der Waals surface area contributed by atoms with Crippen molar-refractivity contribution in [3.63, 3.8) is 0 Å². The summed E-state index contributed by atoms with van der Waals surface area (Å²) in [6.07, 6.45) is 1.83. The van der Waals surface area contributed by atoms with Crippen molar-refractivity contribution in [1.29, 1.82) is 0 Å². The van der Waals surface area contributed by atoms with Gasteiger partial charge in [-0.1, -0.05) is 0 Å². The fraction of sp³-hybridized carbons (Fsp3) is 0. The largest absolute Gasteiger partial charge is 0.366 e. The molecule has 7 nitrogen and oxygen atoms in total. The molecule has 0 radical (unpaired) electrons. The van der Waals surface area contributed by atoms with Gasteiger partial charge >= 0.3 is 0 Å². The number of hydrogen-bond donors (Lipinski definition) is 3. The van der Waals surface area contributed by atoms with E-state index in [0.29, 0.717) is 5.69 Å². The molecule has 0 bridgehead atoms. The standard InChI is InChI=1S/C10H10N2O5S/c11-9(13)5-6-10(14)12-7-1-3-8(4-2-7)18(15,16)17/h1-6H,(H2,11,13)(H,12,14)(H,15,16,17)/b6-5-. The van der Waals surface area contributed by atoms with Gasteiger partial charge in [-0.15, -0.1) is 0 Å². The van der Waals surface area contributed by atoms with Gasteiger partial charge in [0.15, 0.2) is 0 Å². The van der Waals surface area contributed by atoms with E-state index in [1.165, 1.54) is 12.1 Å². The molecule has 0 unspecified atom stereocenters. The zero-order chi connectivity index (χ0) is 13.8. The Balaban J connectivity index is 2.76. The summed E-state index contributed by atoms with van der Waals surface area (Å²) in [4.78, 5) is 21.3. The van der Waals surface area contributed by atoms with Crippen molar-refractivity contribution in [2.24, 2.45) is 5.73 Å². The van der Waals surface area contributed by atoms with Crippen LogP contribution in [0.15, 0.2) is 41.3 Å². The minimum Gasteiger partial charge on any atom is -0.366 e. The molecule has 2 amide bonds. The number of carbonyl (C=O) groups is 2. The highest BCUT2D eigenvalue weighted by molar-refractivity contribution is 7.85. The lowest BCUT2D eigenvalue weighted by Gasteiger charge is -2.02. The van der Waals surface area contributed by atoms with Crippen molar-refractivity contribution in [3.8, 4) is 0 Å². The molecule has 0 aliphatic heterocycles. The Morgan fingerprint density at radius 3 is 2.17 bits per heavy atom. The van der Waals surface area contributed by atoms with E-state index >= 15 is 0 Å². The third-order valence-corrected chi connectivity index (χ3v) is 2.69. The van der Waals surface area contributed by atoms with E-state index in [0.717, 1.165) is 24.3 Å². The number of benzene rings is 1. The van der Waals surface area contributed by atoms with Crippen LogP contribution < -0.4 is 11.1 Å². The molecule has 0 saturated heterocycles. The number of nitrogens with one attached hydrogen (secondary N) is 1. The number of nitrogens with two attached hydrogens (primary N) is 1. The Kier molecular flexibility index (Phi) is 4.18. The van der Waals surface area contributed by atoms with Gasteiger partial charge in [0, 0.05) is 17.8 Å². The maximum atomic E-state index is 11.2. The van der Waals surface area contributed by atoms with E-state index in [4.69, 9.17) is 10.3 Å². The van der Waals surface area contributed by atoms with Crippen LogP contribution in [0, 0.1) is 0 Å². The first-order valence-electron chi connectivity index (χ1n) is 4.65. The topological polar surface area (TPSA) is 127 Å². The van der Waals surface area contributed by atoms with Gasteiger partial charge < -0.3 is 11.1 Å². The molecule has 18 heavy (non-hydrogen) atoms. The Bertz CT molecular complexity index is 589. The van der Waals surface area contributed by atoms with Crippen molar-refractivity contribution >= 4 is 27.6 Å². The van der Waals surface area contributed by atoms with Crippen LogP contribution in [0.2, 0.25) is 0 Å². The highest BCUT2D eigenvalue weighted by Gasteiger charge is 2.08. The number of rotatable bonds is 4. The molecule has 0 aliphatic carbocycles. The zero-order valence-electron chi connectivity index (χ0n) is 9.03. The van der Waals surface area contributed by atoms with Gasteiger partial charge in [0.05, 0.1) is 4.90 Å². The fourth-order valence-corrected chi connectivity index (χ4v) is 1.53. The van der Waals surface area contributed by atoms with Crippen LogP contribution >= 0.6 is 0 Å². The van der Waals surface area contributed by atoms with Gasteiger partial charge in [-0.05, 0) is 24.3 Å². The molecule has 96 valence electrons. The number of primary amides is 1. The lowest BCUT2D eigenvalue weighted by molar-refractivity contribution is -0.115. The summed E-state index contributed by atoms with van der Waals surface area (Å²) in [7, 11) is -4.26. The predicted octanol–water partition coefficient (Wildman–Crippen LogP) is -0.0867. The molecule has 0 atom stereocenters. The summed E-state index contributed by atoms with van der Waals surface area (Å²) in [6, 6.07) is 4.84. The molecule has 0 aromatic heterocycles. The second-order valence-electron chi connectivity index (χ2n) is 3.22. The van der Waals surface area contributed by atoms with E-state index in [1.807, 2.05) is 0 Å². The van der Waals surface area contributed by atoms with E-state index in [1.54, 1.807) is 0 Å². The average molecular weight is 270 g/mol. The van der Waals surface area contributed by atoms with Crippen molar-refractivity contribution in [3.05, 3.63) is 36.4 Å². The molecule has 8 heteroatoms. The summed E-state index contributed by atoms with van der Waals surface area (Å²) in [5, 5.41) is 2.37. The van der Waals surface area contributed by atoms with Crippen LogP contribution in [0.25, 0.3) is 0 Å². The van der Waals surface area contributed by atoms with Crippen LogP contribution in [-0.2, 0) is 19.7 Å². The van der Waals surface area contributed by atoms with E-state index in [2.05, 4.69) is 5.32 Å². The molecule has 1 aromatic carbocycles. The van der Waals surface area contributed by atoms with Crippen LogP contribution in [0.4, 0.5) is 5.69 Å². The van der Waals surface area contributed by atoms with Crippen LogP contribution in [0.5, 0.6) is 0 Å². The monoisotopic (exact) mass is 270 g/mol. The third kappa shape index (κ3) is 4.36. The first-order valence-corrected chi connectivity index (χ1v) is 6.09. The average Bonchev–Trinajstić information content (AvgIpc) is 2.26. The second-order valence-corrected chi connectivity index (χ2v) is 4.65. The van der Waals surface area contributed by atoms with E-state index in [9.17, 15) is 18.0 Å².